The molecule has 2 N–H and O–H groups in total. The molecule has 0 rings (SSSR count). The first-order valence-corrected chi connectivity index (χ1v) is 7.55. The van der Waals surface area contributed by atoms with Crippen LogP contribution in [0.25, 0.3) is 0 Å². The second kappa shape index (κ2) is 8.67. The first kappa shape index (κ1) is 19.0. The monoisotopic (exact) mass is 267 g/mol. The highest BCUT2D eigenvalue weighted by atomic mass is 31.2. The zero-order valence-electron chi connectivity index (χ0n) is 11.1. The summed E-state index contributed by atoms with van der Waals surface area (Å²) in [5.74, 6) is -1.69. The van der Waals surface area contributed by atoms with Crippen molar-refractivity contribution in [2.24, 2.45) is 0 Å². The third kappa shape index (κ3) is 6.81. The van der Waals surface area contributed by atoms with Crippen LogP contribution in [0.1, 0.15) is 59.8 Å². The van der Waals surface area contributed by atoms with Crippen molar-refractivity contribution in [2.45, 2.75) is 65.0 Å². The highest BCUT2D eigenvalue weighted by Gasteiger charge is 2.43. The molecule has 1 atom stereocenters. The molecule has 0 saturated heterocycles. The lowest BCUT2D eigenvalue weighted by Crippen LogP contribution is -2.45. The quantitative estimate of drug-likeness (QED) is 0.713. The largest absolute Gasteiger partial charge is 0.549 e. The normalized spacial score (nSPS) is 14.5. The molecule has 0 aromatic heterocycles. The number of hydrogen-bond donors (Lipinski definition) is 2. The Kier molecular flexibility index (Phi) is 9.68. The summed E-state index contributed by atoms with van der Waals surface area (Å²) in [5.41, 5.74) is 0. The minimum Gasteiger partial charge on any atom is -0.549 e. The number of carboxylic acids is 1. The molecule has 0 aromatic carbocycles. The van der Waals surface area contributed by atoms with E-state index in [0.717, 1.165) is 6.92 Å². The van der Waals surface area contributed by atoms with Crippen LogP contribution in [0.2, 0.25) is 0 Å². The molecule has 17 heavy (non-hydrogen) atoms. The van der Waals surface area contributed by atoms with Crippen molar-refractivity contribution in [1.82, 2.24) is 0 Å². The van der Waals surface area contributed by atoms with Crippen LogP contribution in [0.5, 0.6) is 0 Å². The Bertz CT molecular complexity index is 259. The number of carbonyl (C=O) groups is 1. The summed E-state index contributed by atoms with van der Waals surface area (Å²) in [4.78, 5) is 28.2. The van der Waals surface area contributed by atoms with Gasteiger partial charge in [0.15, 0.2) is 0 Å². The molecule has 0 aliphatic carbocycles. The highest BCUT2D eigenvalue weighted by molar-refractivity contribution is 7.54. The molecule has 0 aromatic rings. The van der Waals surface area contributed by atoms with Gasteiger partial charge in [0, 0.05) is 0 Å². The maximum Gasteiger partial charge on any atom is 0.336 e. The third-order valence-corrected chi connectivity index (χ3v) is 4.29. The van der Waals surface area contributed by atoms with E-state index in [1.165, 1.54) is 12.8 Å². The van der Waals surface area contributed by atoms with Gasteiger partial charge in [-0.1, -0.05) is 46.5 Å². The summed E-state index contributed by atoms with van der Waals surface area (Å²) in [6, 6.07) is 0. The molecule has 5 nitrogen and oxygen atoms in total. The Balaban J connectivity index is 0. The van der Waals surface area contributed by atoms with Crippen LogP contribution in [0.15, 0.2) is 0 Å². The highest BCUT2D eigenvalue weighted by Crippen LogP contribution is 2.52. The first-order valence-electron chi connectivity index (χ1n) is 5.94. The molecular weight excluding hydrogens is 243 g/mol. The Morgan fingerprint density at radius 1 is 1.18 bits per heavy atom. The lowest BCUT2D eigenvalue weighted by molar-refractivity contribution is -0.309. The van der Waals surface area contributed by atoms with Crippen molar-refractivity contribution in [1.29, 1.82) is 0 Å². The zero-order chi connectivity index (χ0) is 14.1. The number of rotatable bonds is 6. The van der Waals surface area contributed by atoms with Crippen LogP contribution in [0, 0.1) is 0 Å². The zero-order valence-corrected chi connectivity index (χ0v) is 12.0. The summed E-state index contributed by atoms with van der Waals surface area (Å²) in [6.45, 7) is 7.20. The smallest absolute Gasteiger partial charge is 0.336 e. The fraction of sp³-hybridized carbons (Fsp3) is 0.909. The standard InChI is InChI=1S/C7H15O5P.C4H10/c1-3-4-5-7(2,6(8)9)13(10,11)12;1-3-4-2/h3-5H2,1-2H3,(H,8,9)(H2,10,11,12);3-4H2,1-2H3/p-1. The summed E-state index contributed by atoms with van der Waals surface area (Å²) >= 11 is 0. The Labute approximate surface area is 103 Å². The van der Waals surface area contributed by atoms with Gasteiger partial charge in [-0.2, -0.15) is 0 Å². The molecule has 1 unspecified atom stereocenters. The minimum absolute atomic E-state index is 0.0594. The molecule has 0 saturated carbocycles. The second-order valence-corrected chi connectivity index (χ2v) is 6.28. The summed E-state index contributed by atoms with van der Waals surface area (Å²) < 4.78 is 10.9. The summed E-state index contributed by atoms with van der Waals surface area (Å²) in [5, 5.41) is 8.53. The van der Waals surface area contributed by atoms with E-state index >= 15 is 0 Å². The molecule has 0 aliphatic rings. The van der Waals surface area contributed by atoms with E-state index < -0.39 is 18.7 Å². The van der Waals surface area contributed by atoms with Gasteiger partial charge in [0.05, 0.1) is 5.97 Å². The molecule has 0 bridgehead atoms. The molecule has 0 aliphatic heterocycles. The van der Waals surface area contributed by atoms with Crippen LogP contribution in [0.3, 0.4) is 0 Å². The molecule has 0 heterocycles. The van der Waals surface area contributed by atoms with Crippen molar-refractivity contribution < 1.29 is 24.3 Å². The van der Waals surface area contributed by atoms with Gasteiger partial charge in [-0.3, -0.25) is 4.57 Å². The van der Waals surface area contributed by atoms with Gasteiger partial charge in [0.2, 0.25) is 0 Å². The topological polar surface area (TPSA) is 97.7 Å². The average molecular weight is 267 g/mol. The molecule has 0 spiro atoms. The van der Waals surface area contributed by atoms with Crippen LogP contribution >= 0.6 is 7.60 Å². The van der Waals surface area contributed by atoms with Gasteiger partial charge < -0.3 is 19.7 Å². The molecule has 6 heteroatoms. The number of hydrogen-bond acceptors (Lipinski definition) is 3. The van der Waals surface area contributed by atoms with E-state index in [0.29, 0.717) is 12.8 Å². The number of carboxylic acid groups (broad SMARTS) is 1. The minimum atomic E-state index is -4.64. The summed E-state index contributed by atoms with van der Waals surface area (Å²) in [6.07, 6.45) is 3.72. The predicted octanol–water partition coefficient (Wildman–Crippen LogP) is 1.67. The molecule has 0 amide bonds. The first-order chi connectivity index (χ1) is 7.67. The lowest BCUT2D eigenvalue weighted by atomic mass is 10.0. The van der Waals surface area contributed by atoms with E-state index in [9.17, 15) is 14.5 Å². The number of aliphatic carboxylic acids is 1. The van der Waals surface area contributed by atoms with Gasteiger partial charge in [-0.05, 0) is 13.3 Å². The van der Waals surface area contributed by atoms with E-state index in [-0.39, 0.29) is 6.42 Å². The molecular formula is C11H24O5P-. The van der Waals surface area contributed by atoms with Gasteiger partial charge in [0.25, 0.3) is 0 Å². The van der Waals surface area contributed by atoms with Gasteiger partial charge in [-0.25, -0.2) is 0 Å². The van der Waals surface area contributed by atoms with Crippen LogP contribution < -0.4 is 5.11 Å². The van der Waals surface area contributed by atoms with Crippen LogP contribution in [-0.2, 0) is 9.36 Å². The van der Waals surface area contributed by atoms with E-state index in [1.807, 2.05) is 6.92 Å². The number of unbranched alkanes of at least 4 members (excludes halogenated alkanes) is 2. The lowest BCUT2D eigenvalue weighted by Gasteiger charge is -2.31. The van der Waals surface area contributed by atoms with E-state index in [1.54, 1.807) is 0 Å². The van der Waals surface area contributed by atoms with Crippen molar-refractivity contribution in [3.63, 3.8) is 0 Å². The Morgan fingerprint density at radius 2 is 1.59 bits per heavy atom. The third-order valence-electron chi connectivity index (χ3n) is 2.60. The van der Waals surface area contributed by atoms with Crippen LogP contribution in [0.4, 0.5) is 0 Å². The van der Waals surface area contributed by atoms with Crippen molar-refractivity contribution >= 4 is 13.6 Å². The van der Waals surface area contributed by atoms with Gasteiger partial charge >= 0.3 is 7.60 Å². The predicted molar refractivity (Wildman–Crippen MR) is 65.6 cm³/mol. The molecule has 0 fully saturated rings. The fourth-order valence-electron chi connectivity index (χ4n) is 0.888. The fourth-order valence-corrected chi connectivity index (χ4v) is 1.57. The SMILES string of the molecule is CCCC.CCCCC(C)(C(=O)[O-])P(=O)(O)O. The van der Waals surface area contributed by atoms with Crippen LogP contribution in [-0.4, -0.2) is 20.9 Å². The maximum atomic E-state index is 10.9. The number of carbonyl (C=O) groups excluding carboxylic acids is 1. The average Bonchev–Trinajstić information content (AvgIpc) is 2.24. The van der Waals surface area contributed by atoms with E-state index in [2.05, 4.69) is 13.8 Å². The van der Waals surface area contributed by atoms with Crippen molar-refractivity contribution in [2.75, 3.05) is 0 Å². The van der Waals surface area contributed by atoms with Gasteiger partial charge in [-0.15, -0.1) is 0 Å². The summed E-state index contributed by atoms with van der Waals surface area (Å²) in [7, 11) is -4.64. The Hall–Kier alpha value is -0.380. The molecule has 104 valence electrons. The van der Waals surface area contributed by atoms with Crippen molar-refractivity contribution in [3.05, 3.63) is 0 Å². The van der Waals surface area contributed by atoms with Crippen molar-refractivity contribution in [3.8, 4) is 0 Å². The molecule has 0 radical (unpaired) electrons. The maximum absolute atomic E-state index is 10.9. The van der Waals surface area contributed by atoms with E-state index in [4.69, 9.17) is 9.79 Å². The van der Waals surface area contributed by atoms with Gasteiger partial charge in [0.1, 0.15) is 5.16 Å². The second-order valence-electron chi connectivity index (χ2n) is 4.21. The Morgan fingerprint density at radius 3 is 1.76 bits per heavy atom.